The van der Waals surface area contributed by atoms with Crippen molar-refractivity contribution in [2.75, 3.05) is 0 Å². The summed E-state index contributed by atoms with van der Waals surface area (Å²) < 4.78 is 0. The Bertz CT molecular complexity index is 455. The first kappa shape index (κ1) is 14.1. The van der Waals surface area contributed by atoms with Gasteiger partial charge in [-0.25, -0.2) is 9.78 Å². The lowest BCUT2D eigenvalue weighted by Crippen LogP contribution is -2.42. The van der Waals surface area contributed by atoms with E-state index in [4.69, 9.17) is 9.94 Å². The Hall–Kier alpha value is -1.95. The van der Waals surface area contributed by atoms with Crippen molar-refractivity contribution in [3.05, 3.63) is 18.2 Å². The zero-order valence-corrected chi connectivity index (χ0v) is 10.4. The van der Waals surface area contributed by atoms with Gasteiger partial charge in [0.15, 0.2) is 6.04 Å². The summed E-state index contributed by atoms with van der Waals surface area (Å²) in [4.78, 5) is 33.6. The third-order valence-electron chi connectivity index (χ3n) is 1.92. The number of aliphatic carboxylic acids is 1. The maximum Gasteiger partial charge on any atom is 0.328 e. The molecule has 1 aromatic heterocycles. The molecule has 0 aliphatic rings. The molecule has 1 rings (SSSR count). The van der Waals surface area contributed by atoms with Crippen LogP contribution in [-0.4, -0.2) is 38.6 Å². The second-order valence-corrected chi connectivity index (χ2v) is 4.58. The Morgan fingerprint density at radius 2 is 2.28 bits per heavy atom. The van der Waals surface area contributed by atoms with Crippen LogP contribution in [0.1, 0.15) is 26.5 Å². The van der Waals surface area contributed by atoms with Crippen LogP contribution >= 0.6 is 0 Å². The molecule has 1 heterocycles. The molecule has 1 aromatic rings. The lowest BCUT2D eigenvalue weighted by Gasteiger charge is -2.23. The van der Waals surface area contributed by atoms with Gasteiger partial charge >= 0.3 is 5.97 Å². The lowest BCUT2D eigenvalue weighted by molar-refractivity contribution is -0.146. The average molecular weight is 253 g/mol. The number of hydroxylamine groups is 1. The van der Waals surface area contributed by atoms with Gasteiger partial charge < -0.3 is 10.1 Å². The molecule has 0 radical (unpaired) electrons. The minimum Gasteiger partial charge on any atom is -0.480 e. The maximum absolute atomic E-state index is 11.1. The fourth-order valence-corrected chi connectivity index (χ4v) is 1.14. The number of aromatic nitrogens is 2. The van der Waals surface area contributed by atoms with Crippen molar-refractivity contribution in [1.29, 1.82) is 0 Å². The molecule has 0 saturated heterocycles. The molecule has 7 nitrogen and oxygen atoms in total. The van der Waals surface area contributed by atoms with E-state index in [0.29, 0.717) is 0 Å². The number of aromatic amines is 1. The van der Waals surface area contributed by atoms with Crippen LogP contribution in [0.4, 0.5) is 0 Å². The number of hydrogen-bond acceptors (Lipinski definition) is 5. The van der Waals surface area contributed by atoms with E-state index in [0.717, 1.165) is 0 Å². The first-order valence-electron chi connectivity index (χ1n) is 5.25. The minimum atomic E-state index is -1.32. The second kappa shape index (κ2) is 5.59. The van der Waals surface area contributed by atoms with Gasteiger partial charge in [-0.1, -0.05) is 0 Å². The van der Waals surface area contributed by atoms with Gasteiger partial charge in [0, 0.05) is 0 Å². The van der Waals surface area contributed by atoms with Crippen molar-refractivity contribution >= 4 is 17.5 Å². The molecule has 98 valence electrons. The summed E-state index contributed by atoms with van der Waals surface area (Å²) >= 11 is 0. The van der Waals surface area contributed by atoms with E-state index >= 15 is 0 Å². The molecule has 0 fully saturated rings. The Morgan fingerprint density at radius 1 is 1.61 bits per heavy atom. The molecule has 0 amide bonds. The van der Waals surface area contributed by atoms with E-state index in [1.807, 2.05) is 0 Å². The van der Waals surface area contributed by atoms with Crippen LogP contribution < -0.4 is 5.48 Å². The second-order valence-electron chi connectivity index (χ2n) is 4.58. The average Bonchev–Trinajstić information content (AvgIpc) is 2.75. The van der Waals surface area contributed by atoms with Crippen molar-refractivity contribution in [3.8, 4) is 0 Å². The van der Waals surface area contributed by atoms with E-state index in [-0.39, 0.29) is 11.3 Å². The van der Waals surface area contributed by atoms with E-state index in [9.17, 15) is 9.59 Å². The van der Waals surface area contributed by atoms with Crippen LogP contribution in [0, 0.1) is 0 Å². The van der Waals surface area contributed by atoms with Gasteiger partial charge in [-0.05, 0) is 20.8 Å². The predicted molar refractivity (Wildman–Crippen MR) is 63.1 cm³/mol. The zero-order chi connectivity index (χ0) is 13.8. The standard InChI is InChI=1S/C11H15N3O4/c1-11(2,3)18-14-9(10(16)17)7(5-15)8-4-12-6-13-8/h4,6,9,14H,1-3H3,(H,12,13)(H,16,17). The van der Waals surface area contributed by atoms with Crippen LogP contribution in [0.15, 0.2) is 12.5 Å². The molecule has 0 spiro atoms. The van der Waals surface area contributed by atoms with Gasteiger partial charge in [0.25, 0.3) is 0 Å². The first-order chi connectivity index (χ1) is 8.35. The van der Waals surface area contributed by atoms with Gasteiger partial charge in [-0.3, -0.25) is 9.63 Å². The zero-order valence-electron chi connectivity index (χ0n) is 10.4. The summed E-state index contributed by atoms with van der Waals surface area (Å²) in [6.07, 6.45) is 2.69. The van der Waals surface area contributed by atoms with Crippen LogP contribution in [-0.2, 0) is 14.4 Å². The molecule has 0 aliphatic heterocycles. The van der Waals surface area contributed by atoms with Gasteiger partial charge in [0.2, 0.25) is 0 Å². The normalized spacial score (nSPS) is 12.8. The van der Waals surface area contributed by atoms with Crippen LogP contribution in [0.5, 0.6) is 0 Å². The Kier molecular flexibility index (Phi) is 4.38. The van der Waals surface area contributed by atoms with Gasteiger partial charge in [0.05, 0.1) is 29.4 Å². The smallest absolute Gasteiger partial charge is 0.328 e. The number of H-pyrrole nitrogens is 1. The maximum atomic E-state index is 11.1. The van der Waals surface area contributed by atoms with Crippen LogP contribution in [0.25, 0.3) is 5.57 Å². The highest BCUT2D eigenvalue weighted by Crippen LogP contribution is 2.14. The van der Waals surface area contributed by atoms with Crippen molar-refractivity contribution in [2.45, 2.75) is 32.4 Å². The molecule has 3 N–H and O–H groups in total. The Labute approximate surface area is 104 Å². The number of carboxylic acid groups (broad SMARTS) is 1. The summed E-state index contributed by atoms with van der Waals surface area (Å²) in [5.41, 5.74) is 1.94. The Morgan fingerprint density at radius 3 is 2.67 bits per heavy atom. The van der Waals surface area contributed by atoms with Gasteiger partial charge in [-0.15, -0.1) is 0 Å². The number of rotatable bonds is 5. The van der Waals surface area contributed by atoms with E-state index in [2.05, 4.69) is 15.4 Å². The van der Waals surface area contributed by atoms with Crippen molar-refractivity contribution in [1.82, 2.24) is 15.4 Å². The predicted octanol–water partition coefficient (Wildman–Crippen LogP) is 0.398. The molecule has 1 unspecified atom stereocenters. The summed E-state index contributed by atoms with van der Waals surface area (Å²) in [5.74, 6) is 0.351. The highest BCUT2D eigenvalue weighted by atomic mass is 16.7. The third-order valence-corrected chi connectivity index (χ3v) is 1.92. The van der Waals surface area contributed by atoms with Crippen molar-refractivity contribution < 1.29 is 19.5 Å². The monoisotopic (exact) mass is 253 g/mol. The van der Waals surface area contributed by atoms with E-state index < -0.39 is 17.6 Å². The minimum absolute atomic E-state index is 0.107. The number of carboxylic acids is 1. The first-order valence-corrected chi connectivity index (χ1v) is 5.25. The number of carbonyl (C=O) groups excluding carboxylic acids is 1. The van der Waals surface area contributed by atoms with Crippen LogP contribution in [0.2, 0.25) is 0 Å². The van der Waals surface area contributed by atoms with Crippen molar-refractivity contribution in [2.24, 2.45) is 0 Å². The summed E-state index contributed by atoms with van der Waals surface area (Å²) in [6.45, 7) is 5.25. The van der Waals surface area contributed by atoms with E-state index in [1.165, 1.54) is 12.5 Å². The highest BCUT2D eigenvalue weighted by Gasteiger charge is 2.27. The lowest BCUT2D eigenvalue weighted by atomic mass is 10.1. The Balaban J connectivity index is 2.91. The molecular weight excluding hydrogens is 238 g/mol. The molecule has 0 bridgehead atoms. The largest absolute Gasteiger partial charge is 0.480 e. The highest BCUT2D eigenvalue weighted by molar-refractivity contribution is 6.00. The molecule has 1 atom stereocenters. The van der Waals surface area contributed by atoms with Gasteiger partial charge in [-0.2, -0.15) is 5.48 Å². The SMILES string of the molecule is CC(C)(C)ONC(C(=O)O)C(=C=O)c1cnc[nH]1. The topological polar surface area (TPSA) is 104 Å². The van der Waals surface area contributed by atoms with Gasteiger partial charge in [0.1, 0.15) is 5.94 Å². The molecule has 18 heavy (non-hydrogen) atoms. The molecule has 0 aromatic carbocycles. The third kappa shape index (κ3) is 3.81. The summed E-state index contributed by atoms with van der Waals surface area (Å²) in [6, 6.07) is -1.32. The summed E-state index contributed by atoms with van der Waals surface area (Å²) in [7, 11) is 0. The fraction of sp³-hybridized carbons (Fsp3) is 0.455. The number of hydrogen-bond donors (Lipinski definition) is 3. The van der Waals surface area contributed by atoms with Crippen LogP contribution in [0.3, 0.4) is 0 Å². The summed E-state index contributed by atoms with van der Waals surface area (Å²) in [5, 5.41) is 9.09. The number of imidazole rings is 1. The molecule has 7 heteroatoms. The van der Waals surface area contributed by atoms with Crippen molar-refractivity contribution in [3.63, 3.8) is 0 Å². The number of nitrogens with zero attached hydrogens (tertiary/aromatic N) is 1. The molecule has 0 aliphatic carbocycles. The molecular formula is C11H15N3O4. The quantitative estimate of drug-likeness (QED) is 0.518. The van der Waals surface area contributed by atoms with E-state index in [1.54, 1.807) is 26.7 Å². The molecule has 0 saturated carbocycles. The number of nitrogens with one attached hydrogen (secondary N) is 2. The fourth-order valence-electron chi connectivity index (χ4n) is 1.14. The number of carbonyl (C=O) groups is 1.